The number of hydrogen-bond acceptors (Lipinski definition) is 1. The molecule has 14 heavy (non-hydrogen) atoms. The minimum absolute atomic E-state index is 0.185. The van der Waals surface area contributed by atoms with E-state index in [0.717, 1.165) is 23.1 Å². The second kappa shape index (κ2) is 3.08. The van der Waals surface area contributed by atoms with Gasteiger partial charge in [-0.05, 0) is 31.0 Å². The van der Waals surface area contributed by atoms with Gasteiger partial charge in [-0.15, -0.1) is 0 Å². The fourth-order valence-corrected chi connectivity index (χ4v) is 1.83. The average Bonchev–Trinajstić information content (AvgIpc) is 2.42. The number of halogens is 1. The number of hydrogen-bond donors (Lipinski definition) is 0. The normalized spacial score (nSPS) is 11.1. The van der Waals surface area contributed by atoms with Crippen LogP contribution in [0.1, 0.15) is 18.2 Å². The number of fused-ring (bicyclic) bond motifs is 1. The molecule has 0 amide bonds. The first-order valence-corrected chi connectivity index (χ1v) is 4.75. The van der Waals surface area contributed by atoms with Crippen LogP contribution in [0.3, 0.4) is 0 Å². The summed E-state index contributed by atoms with van der Waals surface area (Å²) in [6, 6.07) is 3.54. The van der Waals surface area contributed by atoms with Crippen LogP contribution in [0.25, 0.3) is 10.9 Å². The Kier molecular flexibility index (Phi) is 2.02. The summed E-state index contributed by atoms with van der Waals surface area (Å²) in [5.41, 5.74) is 2.51. The van der Waals surface area contributed by atoms with E-state index in [0.29, 0.717) is 5.52 Å². The van der Waals surface area contributed by atoms with Crippen molar-refractivity contribution in [2.45, 2.75) is 20.3 Å². The predicted octanol–water partition coefficient (Wildman–Crippen LogP) is 2.58. The lowest BCUT2D eigenvalue weighted by Gasteiger charge is -1.98. The zero-order chi connectivity index (χ0) is 10.3. The van der Waals surface area contributed by atoms with Gasteiger partial charge in [-0.1, -0.05) is 6.92 Å². The lowest BCUT2D eigenvalue weighted by atomic mass is 10.1. The van der Waals surface area contributed by atoms with Gasteiger partial charge in [-0.2, -0.15) is 5.10 Å². The van der Waals surface area contributed by atoms with Crippen LogP contribution in [0.5, 0.6) is 0 Å². The summed E-state index contributed by atoms with van der Waals surface area (Å²) in [5, 5.41) is 5.22. The second-order valence-electron chi connectivity index (χ2n) is 3.57. The molecule has 0 bridgehead atoms. The summed E-state index contributed by atoms with van der Waals surface area (Å²) in [6.45, 7) is 3.93. The maximum atomic E-state index is 13.6. The average molecular weight is 192 g/mol. The molecule has 1 aromatic heterocycles. The minimum atomic E-state index is -0.185. The summed E-state index contributed by atoms with van der Waals surface area (Å²) >= 11 is 0. The van der Waals surface area contributed by atoms with Crippen LogP contribution in [0.2, 0.25) is 0 Å². The quantitative estimate of drug-likeness (QED) is 0.679. The zero-order valence-electron chi connectivity index (χ0n) is 8.63. The van der Waals surface area contributed by atoms with E-state index in [-0.39, 0.29) is 5.82 Å². The lowest BCUT2D eigenvalue weighted by Crippen LogP contribution is -1.92. The summed E-state index contributed by atoms with van der Waals surface area (Å²) in [5.74, 6) is -0.185. The van der Waals surface area contributed by atoms with Crippen LogP contribution in [0.4, 0.5) is 4.39 Å². The Hall–Kier alpha value is -1.38. The number of rotatable bonds is 1. The lowest BCUT2D eigenvalue weighted by molar-refractivity contribution is 0.624. The fourth-order valence-electron chi connectivity index (χ4n) is 1.83. The van der Waals surface area contributed by atoms with Gasteiger partial charge >= 0.3 is 0 Å². The largest absolute Gasteiger partial charge is 0.265 e. The molecule has 3 heteroatoms. The molecule has 0 radical (unpaired) electrons. The van der Waals surface area contributed by atoms with Gasteiger partial charge in [0.2, 0.25) is 0 Å². The van der Waals surface area contributed by atoms with Gasteiger partial charge in [0, 0.05) is 12.4 Å². The Morgan fingerprint density at radius 3 is 2.79 bits per heavy atom. The molecule has 0 aliphatic rings. The predicted molar refractivity (Wildman–Crippen MR) is 54.8 cm³/mol. The van der Waals surface area contributed by atoms with E-state index in [9.17, 15) is 4.39 Å². The van der Waals surface area contributed by atoms with E-state index >= 15 is 0 Å². The Labute approximate surface area is 82.3 Å². The minimum Gasteiger partial charge on any atom is -0.265 e. The summed E-state index contributed by atoms with van der Waals surface area (Å²) in [7, 11) is 1.78. The van der Waals surface area contributed by atoms with Gasteiger partial charge in [0.1, 0.15) is 11.3 Å². The molecule has 74 valence electrons. The second-order valence-corrected chi connectivity index (χ2v) is 3.57. The SMILES string of the molecule is CCc1nn(C)c2c(F)cc(C)cc12. The van der Waals surface area contributed by atoms with Crippen molar-refractivity contribution in [1.29, 1.82) is 0 Å². The first-order valence-electron chi connectivity index (χ1n) is 4.75. The monoisotopic (exact) mass is 192 g/mol. The summed E-state index contributed by atoms with van der Waals surface area (Å²) < 4.78 is 15.2. The standard InChI is InChI=1S/C11H13FN2/c1-4-10-8-5-7(2)6-9(12)11(8)14(3)13-10/h5-6H,4H2,1-3H3. The molecule has 0 fully saturated rings. The molecular formula is C11H13FN2. The number of benzene rings is 1. The Morgan fingerprint density at radius 1 is 1.43 bits per heavy atom. The highest BCUT2D eigenvalue weighted by atomic mass is 19.1. The van der Waals surface area contributed by atoms with Crippen molar-refractivity contribution in [2.24, 2.45) is 7.05 Å². The Balaban J connectivity index is 2.89. The number of aryl methyl sites for hydroxylation is 3. The molecule has 0 aliphatic carbocycles. The molecule has 0 atom stereocenters. The van der Waals surface area contributed by atoms with Crippen LogP contribution < -0.4 is 0 Å². The molecule has 0 unspecified atom stereocenters. The molecule has 0 spiro atoms. The highest BCUT2D eigenvalue weighted by molar-refractivity contribution is 5.83. The van der Waals surface area contributed by atoms with Crippen LogP contribution in [-0.2, 0) is 13.5 Å². The fraction of sp³-hybridized carbons (Fsp3) is 0.364. The van der Waals surface area contributed by atoms with E-state index in [1.165, 1.54) is 0 Å². The van der Waals surface area contributed by atoms with Crippen molar-refractivity contribution in [3.05, 3.63) is 29.2 Å². The molecule has 2 nitrogen and oxygen atoms in total. The summed E-state index contributed by atoms with van der Waals surface area (Å²) in [6.07, 6.45) is 0.834. The van der Waals surface area contributed by atoms with Crippen molar-refractivity contribution in [3.63, 3.8) is 0 Å². The van der Waals surface area contributed by atoms with Crippen molar-refractivity contribution < 1.29 is 4.39 Å². The van der Waals surface area contributed by atoms with E-state index in [1.807, 2.05) is 19.9 Å². The smallest absolute Gasteiger partial charge is 0.149 e. The van der Waals surface area contributed by atoms with Gasteiger partial charge < -0.3 is 0 Å². The van der Waals surface area contributed by atoms with Gasteiger partial charge in [0.05, 0.1) is 5.69 Å². The highest BCUT2D eigenvalue weighted by Crippen LogP contribution is 2.22. The molecule has 0 aliphatic heterocycles. The molecule has 0 saturated carbocycles. The van der Waals surface area contributed by atoms with Crippen LogP contribution >= 0.6 is 0 Å². The zero-order valence-corrected chi connectivity index (χ0v) is 8.63. The van der Waals surface area contributed by atoms with E-state index in [1.54, 1.807) is 17.8 Å². The molecule has 0 N–H and O–H groups in total. The van der Waals surface area contributed by atoms with Crippen LogP contribution in [0, 0.1) is 12.7 Å². The Morgan fingerprint density at radius 2 is 2.14 bits per heavy atom. The van der Waals surface area contributed by atoms with Gasteiger partial charge in [0.25, 0.3) is 0 Å². The maximum absolute atomic E-state index is 13.6. The third kappa shape index (κ3) is 1.20. The molecule has 0 saturated heterocycles. The van der Waals surface area contributed by atoms with E-state index in [2.05, 4.69) is 5.10 Å². The van der Waals surface area contributed by atoms with E-state index in [4.69, 9.17) is 0 Å². The molecular weight excluding hydrogens is 179 g/mol. The molecule has 1 heterocycles. The number of aromatic nitrogens is 2. The van der Waals surface area contributed by atoms with Crippen molar-refractivity contribution in [3.8, 4) is 0 Å². The Bertz CT molecular complexity index is 485. The van der Waals surface area contributed by atoms with Crippen molar-refractivity contribution in [2.75, 3.05) is 0 Å². The molecule has 2 rings (SSSR count). The summed E-state index contributed by atoms with van der Waals surface area (Å²) in [4.78, 5) is 0. The van der Waals surface area contributed by atoms with Crippen LogP contribution in [0.15, 0.2) is 12.1 Å². The first kappa shape index (κ1) is 9.19. The first-order chi connectivity index (χ1) is 6.63. The van der Waals surface area contributed by atoms with Gasteiger partial charge in [-0.3, -0.25) is 4.68 Å². The van der Waals surface area contributed by atoms with Crippen molar-refractivity contribution >= 4 is 10.9 Å². The molecule has 2 aromatic rings. The van der Waals surface area contributed by atoms with E-state index < -0.39 is 0 Å². The third-order valence-corrected chi connectivity index (χ3v) is 2.45. The highest BCUT2D eigenvalue weighted by Gasteiger charge is 2.11. The van der Waals surface area contributed by atoms with Gasteiger partial charge in [-0.25, -0.2) is 4.39 Å². The van der Waals surface area contributed by atoms with Gasteiger partial charge in [0.15, 0.2) is 0 Å². The number of nitrogens with zero attached hydrogens (tertiary/aromatic N) is 2. The van der Waals surface area contributed by atoms with Crippen LogP contribution in [-0.4, -0.2) is 9.78 Å². The molecule has 1 aromatic carbocycles. The topological polar surface area (TPSA) is 17.8 Å². The third-order valence-electron chi connectivity index (χ3n) is 2.45. The maximum Gasteiger partial charge on any atom is 0.149 e. The van der Waals surface area contributed by atoms with Crippen molar-refractivity contribution in [1.82, 2.24) is 9.78 Å².